The number of hydrogen-bond donors (Lipinski definition) is 1. The quantitative estimate of drug-likeness (QED) is 0.919. The summed E-state index contributed by atoms with van der Waals surface area (Å²) >= 11 is 0. The molecule has 0 unspecified atom stereocenters. The number of nitrogens with zero attached hydrogens (tertiary/aromatic N) is 3. The topological polar surface area (TPSA) is 75.4 Å². The predicted molar refractivity (Wildman–Crippen MR) is 96.0 cm³/mol. The molecule has 3 fully saturated rings. The number of imidazole rings is 1. The Balaban J connectivity index is 1.52. The Morgan fingerprint density at radius 1 is 1.12 bits per heavy atom. The van der Waals surface area contributed by atoms with Gasteiger partial charge < -0.3 is 14.6 Å². The van der Waals surface area contributed by atoms with E-state index in [2.05, 4.69) is 9.55 Å². The number of hydrogen-bond acceptors (Lipinski definition) is 3. The fourth-order valence-electron chi connectivity index (χ4n) is 4.92. The summed E-state index contributed by atoms with van der Waals surface area (Å²) in [5.74, 6) is -0.691. The number of fused-ring (bicyclic) bond motifs is 2. The second-order valence-corrected chi connectivity index (χ2v) is 8.00. The maximum Gasteiger partial charge on any atom is 0.326 e. The molecule has 6 heteroatoms. The molecular weight excluding hydrogens is 330 g/mol. The van der Waals surface area contributed by atoms with Crippen LogP contribution in [0.4, 0.5) is 0 Å². The van der Waals surface area contributed by atoms with E-state index in [1.165, 1.54) is 0 Å². The summed E-state index contributed by atoms with van der Waals surface area (Å²) in [6, 6.07) is 5.45. The lowest BCUT2D eigenvalue weighted by molar-refractivity contribution is -0.141. The standard InChI is InChI=1S/C20H23N3O3/c24-19(23-16-4-2-1-3-12(16)9-18(23)20(25)26)13-5-8-15-17(10-13)22(11-21-15)14-6-7-14/h5,8,10-12,14,16,18H,1-4,6-7,9H2,(H,25,26)/t12-,16-,18-/m0/s1. The van der Waals surface area contributed by atoms with Crippen molar-refractivity contribution in [2.75, 3.05) is 0 Å². The molecule has 5 rings (SSSR count). The van der Waals surface area contributed by atoms with Gasteiger partial charge in [0, 0.05) is 17.6 Å². The highest BCUT2D eigenvalue weighted by Gasteiger charge is 2.47. The van der Waals surface area contributed by atoms with Crippen molar-refractivity contribution in [2.24, 2.45) is 5.92 Å². The van der Waals surface area contributed by atoms with Gasteiger partial charge in [-0.3, -0.25) is 4.79 Å². The molecule has 1 aromatic heterocycles. The van der Waals surface area contributed by atoms with E-state index in [0.29, 0.717) is 23.9 Å². The molecule has 2 saturated carbocycles. The number of benzene rings is 1. The Labute approximate surface area is 151 Å². The fraction of sp³-hybridized carbons (Fsp3) is 0.550. The molecule has 2 aliphatic carbocycles. The van der Waals surface area contributed by atoms with Gasteiger partial charge in [-0.25, -0.2) is 9.78 Å². The summed E-state index contributed by atoms with van der Waals surface area (Å²) in [5, 5.41) is 9.68. The average Bonchev–Trinajstić information content (AvgIpc) is 3.28. The number of carbonyl (C=O) groups excluding carboxylic acids is 1. The number of carboxylic acid groups (broad SMARTS) is 1. The molecule has 26 heavy (non-hydrogen) atoms. The molecule has 2 aromatic rings. The Kier molecular flexibility index (Phi) is 3.55. The van der Waals surface area contributed by atoms with Crippen LogP contribution in [-0.2, 0) is 4.79 Å². The molecule has 2 heterocycles. The van der Waals surface area contributed by atoms with Crippen LogP contribution in [0.3, 0.4) is 0 Å². The fourth-order valence-corrected chi connectivity index (χ4v) is 4.92. The summed E-state index contributed by atoms with van der Waals surface area (Å²) in [4.78, 5) is 31.2. The van der Waals surface area contributed by atoms with E-state index in [-0.39, 0.29) is 11.9 Å². The number of rotatable bonds is 3. The van der Waals surface area contributed by atoms with Crippen LogP contribution in [-0.4, -0.2) is 43.5 Å². The van der Waals surface area contributed by atoms with Crippen molar-refractivity contribution in [3.8, 4) is 0 Å². The van der Waals surface area contributed by atoms with Crippen molar-refractivity contribution >= 4 is 22.9 Å². The van der Waals surface area contributed by atoms with E-state index in [9.17, 15) is 14.7 Å². The minimum atomic E-state index is -0.878. The Morgan fingerprint density at radius 3 is 2.69 bits per heavy atom. The maximum atomic E-state index is 13.3. The molecule has 3 atom stereocenters. The Bertz CT molecular complexity index is 886. The highest BCUT2D eigenvalue weighted by Crippen LogP contribution is 2.41. The van der Waals surface area contributed by atoms with Crippen LogP contribution >= 0.6 is 0 Å². The first kappa shape index (κ1) is 15.9. The first-order chi connectivity index (χ1) is 12.6. The summed E-state index contributed by atoms with van der Waals surface area (Å²) in [5.41, 5.74) is 2.45. The molecule has 1 amide bonds. The van der Waals surface area contributed by atoms with Gasteiger partial charge in [0.05, 0.1) is 17.4 Å². The zero-order chi connectivity index (χ0) is 17.8. The minimum Gasteiger partial charge on any atom is -0.480 e. The van der Waals surface area contributed by atoms with Crippen LogP contribution in [0.15, 0.2) is 24.5 Å². The van der Waals surface area contributed by atoms with Gasteiger partial charge >= 0.3 is 5.97 Å². The molecule has 0 spiro atoms. The molecule has 136 valence electrons. The van der Waals surface area contributed by atoms with Crippen molar-refractivity contribution in [1.29, 1.82) is 0 Å². The van der Waals surface area contributed by atoms with E-state index in [1.807, 2.05) is 18.5 Å². The zero-order valence-corrected chi connectivity index (χ0v) is 14.7. The van der Waals surface area contributed by atoms with Crippen LogP contribution in [0.2, 0.25) is 0 Å². The second-order valence-electron chi connectivity index (χ2n) is 8.00. The number of carbonyl (C=O) groups is 2. The van der Waals surface area contributed by atoms with Crippen LogP contribution < -0.4 is 0 Å². The van der Waals surface area contributed by atoms with E-state index in [0.717, 1.165) is 49.6 Å². The smallest absolute Gasteiger partial charge is 0.326 e. The van der Waals surface area contributed by atoms with Crippen molar-refractivity contribution in [2.45, 2.75) is 63.1 Å². The lowest BCUT2D eigenvalue weighted by atomic mass is 9.84. The molecule has 1 aromatic carbocycles. The van der Waals surface area contributed by atoms with Crippen molar-refractivity contribution in [1.82, 2.24) is 14.5 Å². The first-order valence-electron chi connectivity index (χ1n) is 9.65. The number of aromatic nitrogens is 2. The first-order valence-corrected chi connectivity index (χ1v) is 9.65. The molecule has 1 N–H and O–H groups in total. The number of aliphatic carboxylic acids is 1. The van der Waals surface area contributed by atoms with Crippen LogP contribution in [0.25, 0.3) is 11.0 Å². The van der Waals surface area contributed by atoms with Gasteiger partial charge in [0.1, 0.15) is 6.04 Å². The molecule has 1 aliphatic heterocycles. The monoisotopic (exact) mass is 353 g/mol. The average molecular weight is 353 g/mol. The predicted octanol–water partition coefficient (Wildman–Crippen LogP) is 3.23. The number of amides is 1. The third kappa shape index (κ3) is 2.42. The molecule has 0 radical (unpaired) electrons. The summed E-state index contributed by atoms with van der Waals surface area (Å²) < 4.78 is 2.15. The normalized spacial score (nSPS) is 28.3. The molecule has 3 aliphatic rings. The van der Waals surface area contributed by atoms with Crippen molar-refractivity contribution < 1.29 is 14.7 Å². The van der Waals surface area contributed by atoms with E-state index in [1.54, 1.807) is 11.0 Å². The largest absolute Gasteiger partial charge is 0.480 e. The maximum absolute atomic E-state index is 13.3. The summed E-state index contributed by atoms with van der Waals surface area (Å²) in [7, 11) is 0. The number of carboxylic acids is 1. The summed E-state index contributed by atoms with van der Waals surface area (Å²) in [6.07, 6.45) is 8.92. The lowest BCUT2D eigenvalue weighted by Crippen LogP contribution is -2.46. The van der Waals surface area contributed by atoms with E-state index in [4.69, 9.17) is 0 Å². The van der Waals surface area contributed by atoms with Gasteiger partial charge in [0.25, 0.3) is 5.91 Å². The Hall–Kier alpha value is -2.37. The number of likely N-dealkylation sites (tertiary alicyclic amines) is 1. The van der Waals surface area contributed by atoms with Crippen molar-refractivity contribution in [3.05, 3.63) is 30.1 Å². The van der Waals surface area contributed by atoms with Gasteiger partial charge in [-0.05, 0) is 56.2 Å². The second kappa shape index (κ2) is 5.83. The third-order valence-electron chi connectivity index (χ3n) is 6.37. The highest BCUT2D eigenvalue weighted by molar-refractivity contribution is 5.99. The van der Waals surface area contributed by atoms with E-state index < -0.39 is 12.0 Å². The Morgan fingerprint density at radius 2 is 1.92 bits per heavy atom. The lowest BCUT2D eigenvalue weighted by Gasteiger charge is -2.33. The third-order valence-corrected chi connectivity index (χ3v) is 6.37. The highest BCUT2D eigenvalue weighted by atomic mass is 16.4. The van der Waals surface area contributed by atoms with Gasteiger partial charge in [-0.2, -0.15) is 0 Å². The molecule has 1 saturated heterocycles. The minimum absolute atomic E-state index is 0.0707. The van der Waals surface area contributed by atoms with Gasteiger partial charge in [-0.15, -0.1) is 0 Å². The van der Waals surface area contributed by atoms with Gasteiger partial charge in [-0.1, -0.05) is 12.8 Å². The van der Waals surface area contributed by atoms with Gasteiger partial charge in [0.2, 0.25) is 0 Å². The van der Waals surface area contributed by atoms with Crippen LogP contribution in [0.5, 0.6) is 0 Å². The van der Waals surface area contributed by atoms with Crippen molar-refractivity contribution in [3.63, 3.8) is 0 Å². The van der Waals surface area contributed by atoms with E-state index >= 15 is 0 Å². The summed E-state index contributed by atoms with van der Waals surface area (Å²) in [6.45, 7) is 0. The zero-order valence-electron chi connectivity index (χ0n) is 14.7. The molecule has 0 bridgehead atoms. The molecular formula is C20H23N3O3. The molecule has 6 nitrogen and oxygen atoms in total. The SMILES string of the molecule is O=C(O)[C@@H]1C[C@@H]2CCCC[C@@H]2N1C(=O)c1ccc2ncn(C3CC3)c2c1. The van der Waals surface area contributed by atoms with Gasteiger partial charge in [0.15, 0.2) is 0 Å². The van der Waals surface area contributed by atoms with Crippen LogP contribution in [0.1, 0.15) is 61.3 Å². The van der Waals surface area contributed by atoms with Crippen LogP contribution in [0, 0.1) is 5.92 Å².